The molecule has 3 unspecified atom stereocenters. The molecule has 0 spiro atoms. The number of ether oxygens (including phenoxy) is 4. The van der Waals surface area contributed by atoms with Crippen molar-refractivity contribution in [3.05, 3.63) is 42.0 Å². The predicted octanol–water partition coefficient (Wildman–Crippen LogP) is 5.39. The van der Waals surface area contributed by atoms with Gasteiger partial charge in [-0.05, 0) is 22.9 Å². The van der Waals surface area contributed by atoms with Crippen LogP contribution in [0.15, 0.2) is 36.4 Å². The fourth-order valence-corrected chi connectivity index (χ4v) is 3.22. The third-order valence-corrected chi connectivity index (χ3v) is 4.34. The van der Waals surface area contributed by atoms with E-state index in [1.54, 1.807) is 21.3 Å². The maximum atomic E-state index is 10.6. The van der Waals surface area contributed by atoms with Crippen LogP contribution in [0.5, 0.6) is 5.75 Å². The Kier molecular flexibility index (Phi) is 14.3. The summed E-state index contributed by atoms with van der Waals surface area (Å²) in [4.78, 5) is 0. The molecule has 29 heavy (non-hydrogen) atoms. The molecular weight excluding hydrogens is 368 g/mol. The van der Waals surface area contributed by atoms with E-state index in [0.29, 0.717) is 12.4 Å². The van der Waals surface area contributed by atoms with Crippen molar-refractivity contribution in [2.45, 2.75) is 66.0 Å². The lowest BCUT2D eigenvalue weighted by Crippen LogP contribution is -2.35. The van der Waals surface area contributed by atoms with Gasteiger partial charge in [-0.25, -0.2) is 0 Å². The molecular formula is C24H40O5. The van der Waals surface area contributed by atoms with Gasteiger partial charge in [0.1, 0.15) is 30.2 Å². The SMILES string of the molecule is CC.CC.CC.COCC1O[C@@H](c2cc3ccccc3cc2OC)C(O)C1OC. The molecule has 0 saturated carbocycles. The molecule has 5 nitrogen and oxygen atoms in total. The summed E-state index contributed by atoms with van der Waals surface area (Å²) in [5.74, 6) is 0.695. The van der Waals surface area contributed by atoms with E-state index in [0.717, 1.165) is 16.3 Å². The first-order chi connectivity index (χ1) is 14.2. The topological polar surface area (TPSA) is 57.2 Å². The summed E-state index contributed by atoms with van der Waals surface area (Å²) >= 11 is 0. The van der Waals surface area contributed by atoms with Crippen molar-refractivity contribution in [2.75, 3.05) is 27.9 Å². The summed E-state index contributed by atoms with van der Waals surface area (Å²) in [6.07, 6.45) is -2.05. The molecule has 1 saturated heterocycles. The van der Waals surface area contributed by atoms with Gasteiger partial charge in [0.2, 0.25) is 0 Å². The maximum Gasteiger partial charge on any atom is 0.125 e. The van der Waals surface area contributed by atoms with Crippen LogP contribution < -0.4 is 4.74 Å². The predicted molar refractivity (Wildman–Crippen MR) is 121 cm³/mol. The number of aliphatic hydroxyl groups excluding tert-OH is 1. The van der Waals surface area contributed by atoms with Crippen LogP contribution in [0.3, 0.4) is 0 Å². The lowest BCUT2D eigenvalue weighted by atomic mass is 9.97. The molecule has 4 atom stereocenters. The maximum absolute atomic E-state index is 10.6. The van der Waals surface area contributed by atoms with Crippen molar-refractivity contribution in [2.24, 2.45) is 0 Å². The zero-order chi connectivity index (χ0) is 22.4. The highest BCUT2D eigenvalue weighted by atomic mass is 16.6. The fourth-order valence-electron chi connectivity index (χ4n) is 3.22. The molecule has 1 fully saturated rings. The van der Waals surface area contributed by atoms with Crippen LogP contribution in [0.2, 0.25) is 0 Å². The number of benzene rings is 2. The Morgan fingerprint density at radius 2 is 1.45 bits per heavy atom. The Morgan fingerprint density at radius 1 is 0.897 bits per heavy atom. The van der Waals surface area contributed by atoms with Crippen LogP contribution in [0.4, 0.5) is 0 Å². The average Bonchev–Trinajstić information content (AvgIpc) is 3.12. The van der Waals surface area contributed by atoms with Gasteiger partial charge in [0, 0.05) is 19.8 Å². The van der Waals surface area contributed by atoms with Gasteiger partial charge in [-0.2, -0.15) is 0 Å². The number of methoxy groups -OCH3 is 3. The first-order valence-electron chi connectivity index (χ1n) is 10.6. The van der Waals surface area contributed by atoms with Crippen LogP contribution in [0.25, 0.3) is 10.8 Å². The number of rotatable bonds is 5. The Morgan fingerprint density at radius 3 is 1.93 bits per heavy atom. The van der Waals surface area contributed by atoms with E-state index in [9.17, 15) is 5.11 Å². The van der Waals surface area contributed by atoms with Crippen molar-refractivity contribution in [1.29, 1.82) is 0 Å². The second-order valence-corrected chi connectivity index (χ2v) is 5.68. The minimum absolute atomic E-state index is 0.318. The molecule has 0 bridgehead atoms. The van der Waals surface area contributed by atoms with E-state index in [1.807, 2.05) is 77.9 Å². The van der Waals surface area contributed by atoms with Crippen molar-refractivity contribution in [3.63, 3.8) is 0 Å². The Labute approximate surface area is 176 Å². The van der Waals surface area contributed by atoms with Crippen molar-refractivity contribution in [1.82, 2.24) is 0 Å². The first kappa shape index (κ1) is 27.3. The number of hydrogen-bond acceptors (Lipinski definition) is 5. The van der Waals surface area contributed by atoms with Crippen LogP contribution in [-0.4, -0.2) is 51.4 Å². The first-order valence-corrected chi connectivity index (χ1v) is 10.6. The molecule has 0 aliphatic carbocycles. The van der Waals surface area contributed by atoms with Gasteiger partial charge in [0.15, 0.2) is 0 Å². The summed E-state index contributed by atoms with van der Waals surface area (Å²) in [5, 5.41) is 12.8. The molecule has 2 aromatic rings. The molecule has 2 aromatic carbocycles. The van der Waals surface area contributed by atoms with Crippen LogP contribution in [-0.2, 0) is 14.2 Å². The quantitative estimate of drug-likeness (QED) is 0.719. The Balaban J connectivity index is 0.00000120. The lowest BCUT2D eigenvalue weighted by molar-refractivity contribution is -0.0461. The average molecular weight is 409 g/mol. The Hall–Kier alpha value is -1.66. The summed E-state index contributed by atoms with van der Waals surface area (Å²) < 4.78 is 22.1. The van der Waals surface area contributed by atoms with Gasteiger partial charge in [-0.1, -0.05) is 65.8 Å². The second-order valence-electron chi connectivity index (χ2n) is 5.68. The lowest BCUT2D eigenvalue weighted by Gasteiger charge is -2.19. The second kappa shape index (κ2) is 15.2. The molecule has 1 N–H and O–H groups in total. The van der Waals surface area contributed by atoms with E-state index < -0.39 is 18.3 Å². The highest BCUT2D eigenvalue weighted by Gasteiger charge is 2.45. The van der Waals surface area contributed by atoms with Gasteiger partial charge in [0.05, 0.1) is 13.7 Å². The molecule has 3 rings (SSSR count). The molecule has 5 heteroatoms. The van der Waals surface area contributed by atoms with Gasteiger partial charge in [-0.3, -0.25) is 0 Å². The Bertz CT molecular complexity index is 673. The number of aliphatic hydroxyl groups is 1. The fraction of sp³-hybridized carbons (Fsp3) is 0.583. The molecule has 1 heterocycles. The van der Waals surface area contributed by atoms with Crippen molar-refractivity contribution in [3.8, 4) is 5.75 Å². The molecule has 1 aliphatic rings. The zero-order valence-electron chi connectivity index (χ0n) is 19.6. The van der Waals surface area contributed by atoms with Gasteiger partial charge in [0.25, 0.3) is 0 Å². The van der Waals surface area contributed by atoms with Crippen LogP contribution in [0, 0.1) is 0 Å². The van der Waals surface area contributed by atoms with Gasteiger partial charge < -0.3 is 24.1 Å². The normalized spacial score (nSPS) is 22.4. The number of hydrogen-bond donors (Lipinski definition) is 1. The van der Waals surface area contributed by atoms with E-state index in [1.165, 1.54) is 0 Å². The third-order valence-electron chi connectivity index (χ3n) is 4.34. The zero-order valence-corrected chi connectivity index (χ0v) is 19.6. The molecule has 0 aromatic heterocycles. The smallest absolute Gasteiger partial charge is 0.125 e. The van der Waals surface area contributed by atoms with Gasteiger partial charge >= 0.3 is 0 Å². The monoisotopic (exact) mass is 408 g/mol. The summed E-state index contributed by atoms with van der Waals surface area (Å²) in [5.41, 5.74) is 0.819. The largest absolute Gasteiger partial charge is 0.496 e. The van der Waals surface area contributed by atoms with E-state index in [2.05, 4.69) is 0 Å². The highest BCUT2D eigenvalue weighted by Crippen LogP contribution is 2.40. The molecule has 0 radical (unpaired) electrons. The minimum Gasteiger partial charge on any atom is -0.496 e. The van der Waals surface area contributed by atoms with Crippen LogP contribution >= 0.6 is 0 Å². The standard InChI is InChI=1S/C18H22O5.3C2H6/c1-20-10-15-18(22-3)16(19)17(23-15)13-8-11-6-4-5-7-12(11)9-14(13)21-2;3*1-2/h4-9,15-19H,10H2,1-3H3;3*1-2H3/t15?,16?,17-,18?;;;/m0.../s1. The minimum atomic E-state index is -0.782. The molecule has 166 valence electrons. The highest BCUT2D eigenvalue weighted by molar-refractivity contribution is 5.85. The van der Waals surface area contributed by atoms with Crippen molar-refractivity contribution < 1.29 is 24.1 Å². The van der Waals surface area contributed by atoms with E-state index in [-0.39, 0.29) is 6.10 Å². The molecule has 1 aliphatic heterocycles. The summed E-state index contributed by atoms with van der Waals surface area (Å²) in [6, 6.07) is 12.0. The van der Waals surface area contributed by atoms with E-state index in [4.69, 9.17) is 18.9 Å². The molecule has 0 amide bonds. The van der Waals surface area contributed by atoms with Gasteiger partial charge in [-0.15, -0.1) is 0 Å². The number of fused-ring (bicyclic) bond motifs is 1. The summed E-state index contributed by atoms with van der Waals surface area (Å²) in [6.45, 7) is 12.4. The third kappa shape index (κ3) is 6.68. The van der Waals surface area contributed by atoms with E-state index >= 15 is 0 Å². The summed E-state index contributed by atoms with van der Waals surface area (Å²) in [7, 11) is 4.79. The van der Waals surface area contributed by atoms with Crippen molar-refractivity contribution >= 4 is 10.8 Å². The van der Waals surface area contributed by atoms with Crippen LogP contribution in [0.1, 0.15) is 53.2 Å².